The minimum atomic E-state index is -0.505. The summed E-state index contributed by atoms with van der Waals surface area (Å²) in [5.41, 5.74) is 0.738. The van der Waals surface area contributed by atoms with Crippen LogP contribution in [0.3, 0.4) is 0 Å². The predicted octanol–water partition coefficient (Wildman–Crippen LogP) is 3.72. The fourth-order valence-corrected chi connectivity index (χ4v) is 2.91. The second kappa shape index (κ2) is 4.86. The molecule has 2 heterocycles. The maximum atomic E-state index is 13.6. The van der Waals surface area contributed by atoms with E-state index in [0.717, 1.165) is 4.96 Å². The van der Waals surface area contributed by atoms with E-state index in [1.165, 1.54) is 23.5 Å². The third kappa shape index (κ3) is 2.46. The Morgan fingerprint density at radius 3 is 3.11 bits per heavy atom. The Labute approximate surface area is 120 Å². The molecule has 0 aliphatic heterocycles. The van der Waals surface area contributed by atoms with Crippen molar-refractivity contribution in [1.82, 2.24) is 9.38 Å². The third-order valence-electron chi connectivity index (χ3n) is 2.71. The number of imidazole rings is 1. The highest BCUT2D eigenvalue weighted by molar-refractivity contribution is 9.10. The summed E-state index contributed by atoms with van der Waals surface area (Å²) in [6, 6.07) is 4.35. The first-order chi connectivity index (χ1) is 9.13. The van der Waals surface area contributed by atoms with Crippen LogP contribution in [0.4, 0.5) is 4.39 Å². The Balaban J connectivity index is 1.88. The highest BCUT2D eigenvalue weighted by Gasteiger charge is 2.14. The van der Waals surface area contributed by atoms with Crippen molar-refractivity contribution in [3.63, 3.8) is 0 Å². The molecule has 0 amide bonds. The fraction of sp³-hybridized carbons (Fsp3) is 0.0769. The van der Waals surface area contributed by atoms with Crippen LogP contribution < -0.4 is 0 Å². The number of thiazole rings is 1. The van der Waals surface area contributed by atoms with Crippen LogP contribution in [0.15, 0.2) is 40.4 Å². The van der Waals surface area contributed by atoms with Gasteiger partial charge in [-0.3, -0.25) is 9.20 Å². The molecule has 19 heavy (non-hydrogen) atoms. The number of fused-ring (bicyclic) bond motifs is 1. The van der Waals surface area contributed by atoms with Gasteiger partial charge >= 0.3 is 0 Å². The van der Waals surface area contributed by atoms with E-state index in [2.05, 4.69) is 20.9 Å². The van der Waals surface area contributed by atoms with E-state index in [-0.39, 0.29) is 17.8 Å². The molecular formula is C13H8BrFN2OS. The lowest BCUT2D eigenvalue weighted by molar-refractivity contribution is 0.0988. The summed E-state index contributed by atoms with van der Waals surface area (Å²) in [4.78, 5) is 17.2. The van der Waals surface area contributed by atoms with Crippen molar-refractivity contribution in [1.29, 1.82) is 0 Å². The molecule has 3 rings (SSSR count). The Bertz CT molecular complexity index is 736. The van der Waals surface area contributed by atoms with Gasteiger partial charge in [-0.15, -0.1) is 11.3 Å². The van der Waals surface area contributed by atoms with Crippen molar-refractivity contribution < 1.29 is 9.18 Å². The van der Waals surface area contributed by atoms with E-state index in [1.54, 1.807) is 12.3 Å². The largest absolute Gasteiger partial charge is 0.297 e. The molecule has 2 aromatic heterocycles. The Hall–Kier alpha value is -1.53. The molecular weight excluding hydrogens is 331 g/mol. The zero-order chi connectivity index (χ0) is 13.4. The second-order valence-electron chi connectivity index (χ2n) is 4.05. The maximum Gasteiger partial charge on any atom is 0.193 e. The molecule has 3 nitrogen and oxygen atoms in total. The lowest BCUT2D eigenvalue weighted by Gasteiger charge is -2.01. The van der Waals surface area contributed by atoms with Gasteiger partial charge < -0.3 is 0 Å². The van der Waals surface area contributed by atoms with Gasteiger partial charge in [0.25, 0.3) is 0 Å². The first-order valence-electron chi connectivity index (χ1n) is 5.53. The summed E-state index contributed by atoms with van der Waals surface area (Å²) in [7, 11) is 0. The molecule has 0 fully saturated rings. The smallest absolute Gasteiger partial charge is 0.193 e. The van der Waals surface area contributed by atoms with Crippen LogP contribution in [-0.4, -0.2) is 15.2 Å². The monoisotopic (exact) mass is 338 g/mol. The number of nitrogens with zero attached hydrogens (tertiary/aromatic N) is 2. The molecule has 96 valence electrons. The van der Waals surface area contributed by atoms with Crippen molar-refractivity contribution in [2.45, 2.75) is 6.42 Å². The number of ketones is 1. The van der Waals surface area contributed by atoms with Crippen LogP contribution >= 0.6 is 27.3 Å². The molecule has 3 aromatic rings. The fourth-order valence-electron chi connectivity index (χ4n) is 1.83. The average Bonchev–Trinajstić information content (AvgIpc) is 2.92. The molecule has 0 aliphatic carbocycles. The molecule has 0 bridgehead atoms. The van der Waals surface area contributed by atoms with Gasteiger partial charge in [-0.05, 0) is 18.2 Å². The predicted molar refractivity (Wildman–Crippen MR) is 75.2 cm³/mol. The van der Waals surface area contributed by atoms with Crippen molar-refractivity contribution in [3.05, 3.63) is 57.5 Å². The normalized spacial score (nSPS) is 11.1. The van der Waals surface area contributed by atoms with E-state index >= 15 is 0 Å². The van der Waals surface area contributed by atoms with Gasteiger partial charge in [-0.2, -0.15) is 0 Å². The summed E-state index contributed by atoms with van der Waals surface area (Å²) in [5, 5.41) is 1.92. The lowest BCUT2D eigenvalue weighted by atomic mass is 10.1. The topological polar surface area (TPSA) is 34.4 Å². The molecule has 0 aliphatic rings. The number of carbonyl (C=O) groups is 1. The van der Waals surface area contributed by atoms with Crippen LogP contribution in [0.2, 0.25) is 0 Å². The molecule has 0 radical (unpaired) electrons. The maximum absolute atomic E-state index is 13.6. The number of rotatable bonds is 3. The number of benzene rings is 1. The molecule has 0 spiro atoms. The molecule has 0 N–H and O–H groups in total. The second-order valence-corrected chi connectivity index (χ2v) is 5.84. The van der Waals surface area contributed by atoms with E-state index in [9.17, 15) is 9.18 Å². The van der Waals surface area contributed by atoms with Crippen molar-refractivity contribution >= 4 is 38.0 Å². The van der Waals surface area contributed by atoms with E-state index < -0.39 is 5.82 Å². The van der Waals surface area contributed by atoms with E-state index in [1.807, 2.05) is 16.0 Å². The van der Waals surface area contributed by atoms with Crippen molar-refractivity contribution in [2.75, 3.05) is 0 Å². The standard InChI is InChI=1S/C13H8BrFN2OS/c14-8-1-2-11(15)10(5-8)12(18)6-9-7-17-3-4-19-13(17)16-9/h1-5,7H,6H2. The van der Waals surface area contributed by atoms with Gasteiger partial charge in [0.2, 0.25) is 0 Å². The van der Waals surface area contributed by atoms with Gasteiger partial charge in [0.05, 0.1) is 17.7 Å². The molecule has 0 saturated carbocycles. The first-order valence-corrected chi connectivity index (χ1v) is 7.20. The summed E-state index contributed by atoms with van der Waals surface area (Å²) in [6.45, 7) is 0. The van der Waals surface area contributed by atoms with Gasteiger partial charge in [0.1, 0.15) is 5.82 Å². The molecule has 6 heteroatoms. The minimum absolute atomic E-state index is 0.0886. The zero-order valence-electron chi connectivity index (χ0n) is 9.64. The zero-order valence-corrected chi connectivity index (χ0v) is 12.0. The van der Waals surface area contributed by atoms with Crippen molar-refractivity contribution in [3.8, 4) is 0 Å². The Kier molecular flexibility index (Phi) is 3.20. The lowest BCUT2D eigenvalue weighted by Crippen LogP contribution is -2.06. The first kappa shape index (κ1) is 12.5. The van der Waals surface area contributed by atoms with Crippen LogP contribution in [0.5, 0.6) is 0 Å². The van der Waals surface area contributed by atoms with E-state index in [4.69, 9.17) is 0 Å². The number of carbonyl (C=O) groups excluding carboxylic acids is 1. The highest BCUT2D eigenvalue weighted by Crippen LogP contribution is 2.18. The van der Waals surface area contributed by atoms with Gasteiger partial charge in [-0.25, -0.2) is 9.37 Å². The molecule has 0 saturated heterocycles. The number of halogens is 2. The SMILES string of the molecule is O=C(Cc1cn2ccsc2n1)c1cc(Br)ccc1F. The van der Waals surface area contributed by atoms with Crippen molar-refractivity contribution in [2.24, 2.45) is 0 Å². The molecule has 0 atom stereocenters. The van der Waals surface area contributed by atoms with Gasteiger partial charge in [0, 0.05) is 22.2 Å². The minimum Gasteiger partial charge on any atom is -0.297 e. The number of hydrogen-bond acceptors (Lipinski definition) is 3. The van der Waals surface area contributed by atoms with Gasteiger partial charge in [0.15, 0.2) is 10.7 Å². The Morgan fingerprint density at radius 1 is 1.47 bits per heavy atom. The van der Waals surface area contributed by atoms with Crippen LogP contribution in [0, 0.1) is 5.82 Å². The molecule has 1 aromatic carbocycles. The summed E-state index contributed by atoms with van der Waals surface area (Å²) in [6.07, 6.45) is 3.77. The number of aromatic nitrogens is 2. The average molecular weight is 339 g/mol. The number of hydrogen-bond donors (Lipinski definition) is 0. The Morgan fingerprint density at radius 2 is 2.32 bits per heavy atom. The summed E-state index contributed by atoms with van der Waals surface area (Å²) < 4.78 is 16.1. The van der Waals surface area contributed by atoms with Gasteiger partial charge in [-0.1, -0.05) is 15.9 Å². The highest BCUT2D eigenvalue weighted by atomic mass is 79.9. The van der Waals surface area contributed by atoms with Crippen LogP contribution in [0.25, 0.3) is 4.96 Å². The van der Waals surface area contributed by atoms with Crippen LogP contribution in [0.1, 0.15) is 16.1 Å². The quantitative estimate of drug-likeness (QED) is 0.682. The third-order valence-corrected chi connectivity index (χ3v) is 3.98. The van der Waals surface area contributed by atoms with E-state index in [0.29, 0.717) is 10.2 Å². The summed E-state index contributed by atoms with van der Waals surface area (Å²) >= 11 is 4.73. The summed E-state index contributed by atoms with van der Waals surface area (Å²) in [5.74, 6) is -0.779. The molecule has 0 unspecified atom stereocenters. The van der Waals surface area contributed by atoms with Crippen LogP contribution in [-0.2, 0) is 6.42 Å². The number of Topliss-reactive ketones (excluding diaryl/α,β-unsaturated/α-hetero) is 1.